The van der Waals surface area contributed by atoms with Gasteiger partial charge in [0, 0.05) is 25.5 Å². The molecule has 3 aromatic rings. The molecule has 0 saturated heterocycles. The number of nitrogens with one attached hydrogen (secondary N) is 2. The highest BCUT2D eigenvalue weighted by atomic mass is 32.2. The van der Waals surface area contributed by atoms with E-state index in [4.69, 9.17) is 0 Å². The summed E-state index contributed by atoms with van der Waals surface area (Å²) in [5, 5.41) is 22.4. The Balaban J connectivity index is 1.54. The quantitative estimate of drug-likeness (QED) is 0.516. The molecule has 10 nitrogen and oxygen atoms in total. The van der Waals surface area contributed by atoms with Crippen molar-refractivity contribution < 1.29 is 9.59 Å². The highest BCUT2D eigenvalue weighted by Crippen LogP contribution is 2.21. The molecule has 2 heterocycles. The van der Waals surface area contributed by atoms with Crippen LogP contribution < -0.4 is 10.6 Å². The SMILES string of the molecule is Cc1cc(NC(=O)CSc2nncn2C)cc(NC(=O)CSc2nncn2C)c1. The van der Waals surface area contributed by atoms with Crippen molar-refractivity contribution in [1.82, 2.24) is 29.5 Å². The van der Waals surface area contributed by atoms with E-state index in [0.29, 0.717) is 21.7 Å². The first-order valence-electron chi connectivity index (χ1n) is 8.55. The molecular formula is C17H20N8O2S2. The van der Waals surface area contributed by atoms with E-state index in [1.54, 1.807) is 27.9 Å². The van der Waals surface area contributed by atoms with Gasteiger partial charge in [0.05, 0.1) is 11.5 Å². The Morgan fingerprint density at radius 2 is 1.31 bits per heavy atom. The summed E-state index contributed by atoms with van der Waals surface area (Å²) in [6.07, 6.45) is 3.16. The van der Waals surface area contributed by atoms with Gasteiger partial charge in [0.15, 0.2) is 10.3 Å². The predicted octanol–water partition coefficient (Wildman–Crippen LogP) is 1.71. The third-order valence-electron chi connectivity index (χ3n) is 3.65. The van der Waals surface area contributed by atoms with Gasteiger partial charge in [0.1, 0.15) is 12.7 Å². The van der Waals surface area contributed by atoms with Gasteiger partial charge in [-0.3, -0.25) is 9.59 Å². The third kappa shape index (κ3) is 6.06. The molecule has 3 rings (SSSR count). The lowest BCUT2D eigenvalue weighted by Crippen LogP contribution is -2.16. The van der Waals surface area contributed by atoms with Crippen LogP contribution in [0.25, 0.3) is 0 Å². The van der Waals surface area contributed by atoms with Gasteiger partial charge in [-0.05, 0) is 30.7 Å². The lowest BCUT2D eigenvalue weighted by Gasteiger charge is -2.10. The molecule has 0 aliphatic heterocycles. The first kappa shape index (κ1) is 20.9. The molecule has 0 saturated carbocycles. The highest BCUT2D eigenvalue weighted by molar-refractivity contribution is 8.00. The Hall–Kier alpha value is -2.86. The first-order chi connectivity index (χ1) is 13.9. The topological polar surface area (TPSA) is 120 Å². The van der Waals surface area contributed by atoms with Crippen LogP contribution in [0.4, 0.5) is 11.4 Å². The summed E-state index contributed by atoms with van der Waals surface area (Å²) in [6.45, 7) is 1.90. The number of nitrogens with zero attached hydrogens (tertiary/aromatic N) is 6. The fourth-order valence-corrected chi connectivity index (χ4v) is 3.76. The van der Waals surface area contributed by atoms with Gasteiger partial charge in [-0.15, -0.1) is 20.4 Å². The van der Waals surface area contributed by atoms with E-state index in [0.717, 1.165) is 5.56 Å². The van der Waals surface area contributed by atoms with Crippen molar-refractivity contribution in [2.75, 3.05) is 22.1 Å². The largest absolute Gasteiger partial charge is 0.325 e. The molecule has 2 N–H and O–H groups in total. The Morgan fingerprint density at radius 1 is 0.862 bits per heavy atom. The standard InChI is InChI=1S/C17H20N8O2S2/c1-11-4-12(20-14(26)7-28-16-22-18-9-24(16)2)6-13(5-11)21-15(27)8-29-17-23-19-10-25(17)3/h4-6,9-10H,7-8H2,1-3H3,(H,20,26)(H,21,27). The second kappa shape index (κ2) is 9.56. The van der Waals surface area contributed by atoms with E-state index in [1.165, 1.54) is 23.5 Å². The zero-order chi connectivity index (χ0) is 20.8. The number of anilines is 2. The van der Waals surface area contributed by atoms with Crippen LogP contribution in [0.2, 0.25) is 0 Å². The van der Waals surface area contributed by atoms with Gasteiger partial charge < -0.3 is 19.8 Å². The minimum absolute atomic E-state index is 0.168. The molecule has 29 heavy (non-hydrogen) atoms. The zero-order valence-corrected chi connectivity index (χ0v) is 17.8. The summed E-state index contributed by atoms with van der Waals surface area (Å²) in [4.78, 5) is 24.5. The van der Waals surface area contributed by atoms with Gasteiger partial charge in [-0.25, -0.2) is 0 Å². The maximum Gasteiger partial charge on any atom is 0.234 e. The van der Waals surface area contributed by atoms with Crippen molar-refractivity contribution in [3.05, 3.63) is 36.4 Å². The maximum absolute atomic E-state index is 12.2. The number of carbonyl (C=O) groups is 2. The number of aryl methyl sites for hydroxylation is 3. The van der Waals surface area contributed by atoms with Crippen molar-refractivity contribution in [3.8, 4) is 0 Å². The number of rotatable bonds is 8. The van der Waals surface area contributed by atoms with Gasteiger partial charge in [0.2, 0.25) is 11.8 Å². The Kier molecular flexibility index (Phi) is 6.88. The number of benzene rings is 1. The minimum atomic E-state index is -0.168. The number of amides is 2. The fourth-order valence-electron chi connectivity index (χ4n) is 2.39. The molecule has 0 unspecified atom stereocenters. The second-order valence-electron chi connectivity index (χ2n) is 6.21. The number of hydrogen-bond acceptors (Lipinski definition) is 8. The average Bonchev–Trinajstić information content (AvgIpc) is 3.25. The molecule has 2 amide bonds. The van der Waals surface area contributed by atoms with Crippen LogP contribution in [-0.4, -0.2) is 52.8 Å². The monoisotopic (exact) mass is 432 g/mol. The van der Waals surface area contributed by atoms with E-state index >= 15 is 0 Å². The van der Waals surface area contributed by atoms with Crippen molar-refractivity contribution in [2.24, 2.45) is 14.1 Å². The molecule has 0 bridgehead atoms. The highest BCUT2D eigenvalue weighted by Gasteiger charge is 2.10. The molecule has 2 aromatic heterocycles. The summed E-state index contributed by atoms with van der Waals surface area (Å²) in [6, 6.07) is 5.41. The van der Waals surface area contributed by atoms with E-state index < -0.39 is 0 Å². The number of aromatic nitrogens is 6. The molecule has 152 valence electrons. The van der Waals surface area contributed by atoms with Crippen LogP contribution in [0.15, 0.2) is 41.2 Å². The average molecular weight is 433 g/mol. The lowest BCUT2D eigenvalue weighted by atomic mass is 10.2. The summed E-state index contributed by atoms with van der Waals surface area (Å²) in [5.74, 6) is 0.0740. The Morgan fingerprint density at radius 3 is 1.69 bits per heavy atom. The lowest BCUT2D eigenvalue weighted by molar-refractivity contribution is -0.114. The molecule has 0 radical (unpaired) electrons. The molecule has 0 aliphatic carbocycles. The van der Waals surface area contributed by atoms with Gasteiger partial charge in [-0.1, -0.05) is 23.5 Å². The first-order valence-corrected chi connectivity index (χ1v) is 10.5. The number of thioether (sulfide) groups is 2. The predicted molar refractivity (Wildman–Crippen MR) is 112 cm³/mol. The molecule has 0 aliphatic rings. The van der Waals surface area contributed by atoms with Crippen LogP contribution >= 0.6 is 23.5 Å². The second-order valence-corrected chi connectivity index (χ2v) is 8.10. The van der Waals surface area contributed by atoms with E-state index in [2.05, 4.69) is 31.0 Å². The summed E-state index contributed by atoms with van der Waals surface area (Å²) >= 11 is 2.60. The minimum Gasteiger partial charge on any atom is -0.325 e. The van der Waals surface area contributed by atoms with Gasteiger partial charge >= 0.3 is 0 Å². The van der Waals surface area contributed by atoms with E-state index in [-0.39, 0.29) is 23.3 Å². The van der Waals surface area contributed by atoms with Crippen molar-refractivity contribution >= 4 is 46.7 Å². The Labute approximate surface area is 175 Å². The van der Waals surface area contributed by atoms with Gasteiger partial charge in [0.25, 0.3) is 0 Å². The van der Waals surface area contributed by atoms with Crippen LogP contribution in [-0.2, 0) is 23.7 Å². The summed E-state index contributed by atoms with van der Waals surface area (Å²) in [5.41, 5.74) is 2.15. The van der Waals surface area contributed by atoms with E-state index in [1.807, 2.05) is 33.2 Å². The Bertz CT molecular complexity index is 940. The summed E-state index contributed by atoms with van der Waals surface area (Å²) in [7, 11) is 3.64. The third-order valence-corrected chi connectivity index (χ3v) is 5.72. The van der Waals surface area contributed by atoms with Crippen LogP contribution in [0.5, 0.6) is 0 Å². The van der Waals surface area contributed by atoms with Crippen molar-refractivity contribution in [2.45, 2.75) is 17.2 Å². The van der Waals surface area contributed by atoms with Crippen LogP contribution in [0, 0.1) is 6.92 Å². The summed E-state index contributed by atoms with van der Waals surface area (Å²) < 4.78 is 3.49. The van der Waals surface area contributed by atoms with Crippen LogP contribution in [0.1, 0.15) is 5.56 Å². The molecule has 0 spiro atoms. The number of hydrogen-bond donors (Lipinski definition) is 2. The van der Waals surface area contributed by atoms with Crippen molar-refractivity contribution in [1.29, 1.82) is 0 Å². The normalized spacial score (nSPS) is 10.7. The van der Waals surface area contributed by atoms with Crippen LogP contribution in [0.3, 0.4) is 0 Å². The fraction of sp³-hybridized carbons (Fsp3) is 0.294. The maximum atomic E-state index is 12.2. The number of carbonyl (C=O) groups excluding carboxylic acids is 2. The smallest absolute Gasteiger partial charge is 0.234 e. The molecule has 1 aromatic carbocycles. The molecule has 0 atom stereocenters. The van der Waals surface area contributed by atoms with Gasteiger partial charge in [-0.2, -0.15) is 0 Å². The van der Waals surface area contributed by atoms with Crippen molar-refractivity contribution in [3.63, 3.8) is 0 Å². The molecular weight excluding hydrogens is 412 g/mol. The zero-order valence-electron chi connectivity index (χ0n) is 16.1. The van der Waals surface area contributed by atoms with E-state index in [9.17, 15) is 9.59 Å². The molecule has 0 fully saturated rings. The molecule has 12 heteroatoms.